The summed E-state index contributed by atoms with van der Waals surface area (Å²) < 4.78 is 5.69. The molecule has 1 atom stereocenters. The van der Waals surface area contributed by atoms with Gasteiger partial charge in [-0.3, -0.25) is 10.1 Å². The summed E-state index contributed by atoms with van der Waals surface area (Å²) >= 11 is 1.93. The molecule has 16 heavy (non-hydrogen) atoms. The number of nitrogens with zero attached hydrogens (tertiary/aromatic N) is 2. The lowest BCUT2D eigenvalue weighted by Crippen LogP contribution is -2.50. The van der Waals surface area contributed by atoms with Crippen LogP contribution >= 0.6 is 22.6 Å². The molecule has 1 aromatic heterocycles. The first-order valence-corrected chi connectivity index (χ1v) is 5.61. The van der Waals surface area contributed by atoms with E-state index >= 15 is 0 Å². The van der Waals surface area contributed by atoms with Crippen molar-refractivity contribution in [3.05, 3.63) is 15.9 Å². The normalized spacial score (nSPS) is 25.1. The molecule has 2 heterocycles. The first-order valence-electron chi connectivity index (χ1n) is 4.53. The Labute approximate surface area is 104 Å². The minimum atomic E-state index is -1.29. The van der Waals surface area contributed by atoms with Gasteiger partial charge in [0.15, 0.2) is 17.7 Å². The Morgan fingerprint density at radius 2 is 2.38 bits per heavy atom. The third-order valence-electron chi connectivity index (χ3n) is 2.64. The average molecular weight is 336 g/mol. The summed E-state index contributed by atoms with van der Waals surface area (Å²) in [7, 11) is 0. The highest BCUT2D eigenvalue weighted by Crippen LogP contribution is 2.36. The first-order chi connectivity index (χ1) is 7.54. The summed E-state index contributed by atoms with van der Waals surface area (Å²) in [4.78, 5) is 27.1. The number of hydrazine groups is 1. The van der Waals surface area contributed by atoms with Crippen molar-refractivity contribution in [3.63, 3.8) is 0 Å². The Morgan fingerprint density at radius 3 is 2.75 bits per heavy atom. The first kappa shape index (κ1) is 11.3. The van der Waals surface area contributed by atoms with E-state index in [4.69, 9.17) is 10.3 Å². The third kappa shape index (κ3) is 1.26. The van der Waals surface area contributed by atoms with E-state index in [2.05, 4.69) is 10.3 Å². The van der Waals surface area contributed by atoms with Gasteiger partial charge in [-0.1, -0.05) is 6.92 Å². The molecule has 1 aliphatic heterocycles. The molecule has 0 aromatic carbocycles. The van der Waals surface area contributed by atoms with Crippen molar-refractivity contribution >= 4 is 34.5 Å². The number of nitrogens with one attached hydrogen (secondary N) is 1. The number of hydrogen-bond donors (Lipinski definition) is 2. The number of halogens is 1. The SMILES string of the molecule is CCC1(c2ocnc2I)C(=O)NC(=O)N1N. The lowest BCUT2D eigenvalue weighted by atomic mass is 9.93. The summed E-state index contributed by atoms with van der Waals surface area (Å²) in [5.41, 5.74) is -1.29. The fourth-order valence-electron chi connectivity index (χ4n) is 1.75. The van der Waals surface area contributed by atoms with E-state index in [1.807, 2.05) is 22.6 Å². The Hall–Kier alpha value is -1.16. The second-order valence-corrected chi connectivity index (χ2v) is 4.34. The number of carbonyl (C=O) groups is 2. The van der Waals surface area contributed by atoms with Crippen LogP contribution in [0.15, 0.2) is 10.8 Å². The van der Waals surface area contributed by atoms with Crippen LogP contribution in [-0.4, -0.2) is 21.9 Å². The Kier molecular flexibility index (Phi) is 2.62. The quantitative estimate of drug-likeness (QED) is 0.350. The van der Waals surface area contributed by atoms with Crippen molar-refractivity contribution in [2.24, 2.45) is 5.84 Å². The second kappa shape index (κ2) is 3.70. The third-order valence-corrected chi connectivity index (χ3v) is 3.41. The van der Waals surface area contributed by atoms with Gasteiger partial charge in [0.1, 0.15) is 3.70 Å². The molecular weight excluding hydrogens is 327 g/mol. The van der Waals surface area contributed by atoms with Gasteiger partial charge in [-0.05, 0) is 29.0 Å². The number of imide groups is 1. The molecule has 0 spiro atoms. The molecule has 0 aliphatic carbocycles. The van der Waals surface area contributed by atoms with Crippen molar-refractivity contribution in [3.8, 4) is 0 Å². The Balaban J connectivity index is 2.60. The van der Waals surface area contributed by atoms with Crippen LogP contribution < -0.4 is 11.2 Å². The summed E-state index contributed by atoms with van der Waals surface area (Å²) in [6, 6.07) is -0.640. The van der Waals surface area contributed by atoms with Crippen LogP contribution in [0.1, 0.15) is 19.1 Å². The zero-order valence-electron chi connectivity index (χ0n) is 8.36. The number of nitrogens with two attached hydrogens (primary N) is 1. The van der Waals surface area contributed by atoms with Crippen molar-refractivity contribution in [1.82, 2.24) is 15.3 Å². The highest BCUT2D eigenvalue weighted by Gasteiger charge is 2.55. The van der Waals surface area contributed by atoms with Crippen LogP contribution in [0.2, 0.25) is 0 Å². The van der Waals surface area contributed by atoms with Gasteiger partial charge < -0.3 is 4.42 Å². The highest BCUT2D eigenvalue weighted by molar-refractivity contribution is 14.1. The molecule has 1 saturated heterocycles. The van der Waals surface area contributed by atoms with E-state index in [1.54, 1.807) is 6.92 Å². The molecule has 0 radical (unpaired) electrons. The molecule has 7 nitrogen and oxygen atoms in total. The van der Waals surface area contributed by atoms with Crippen LogP contribution in [0.4, 0.5) is 4.79 Å². The number of aromatic nitrogens is 1. The zero-order valence-corrected chi connectivity index (χ0v) is 10.5. The summed E-state index contributed by atoms with van der Waals surface area (Å²) in [6.45, 7) is 1.75. The van der Waals surface area contributed by atoms with Gasteiger partial charge in [-0.25, -0.2) is 20.6 Å². The average Bonchev–Trinajstić information content (AvgIpc) is 2.74. The molecule has 2 rings (SSSR count). The molecular formula is C8H9IN4O3. The minimum absolute atomic E-state index is 0.293. The minimum Gasteiger partial charge on any atom is -0.444 e. The van der Waals surface area contributed by atoms with Crippen LogP contribution in [0.5, 0.6) is 0 Å². The number of hydrogen-bond acceptors (Lipinski definition) is 5. The van der Waals surface area contributed by atoms with Crippen LogP contribution in [0, 0.1) is 3.70 Å². The van der Waals surface area contributed by atoms with Crippen LogP contribution in [0.25, 0.3) is 0 Å². The van der Waals surface area contributed by atoms with E-state index in [0.29, 0.717) is 15.9 Å². The maximum Gasteiger partial charge on any atom is 0.339 e. The highest BCUT2D eigenvalue weighted by atomic mass is 127. The molecule has 0 bridgehead atoms. The standard InChI is InChI=1S/C8H9IN4O3/c1-2-8(4-5(9)11-3-16-4)6(14)12-7(15)13(8)10/h3H,2,10H2,1H3,(H,12,14,15). The van der Waals surface area contributed by atoms with E-state index in [0.717, 1.165) is 5.01 Å². The molecule has 8 heteroatoms. The number of urea groups is 1. The van der Waals surface area contributed by atoms with Crippen molar-refractivity contribution in [1.29, 1.82) is 0 Å². The summed E-state index contributed by atoms with van der Waals surface area (Å²) in [5.74, 6) is 5.43. The van der Waals surface area contributed by atoms with Crippen LogP contribution in [0.3, 0.4) is 0 Å². The predicted octanol–water partition coefficient (Wildman–Crippen LogP) is 0.310. The Bertz CT molecular complexity index is 460. The van der Waals surface area contributed by atoms with Gasteiger partial charge in [-0.15, -0.1) is 0 Å². The monoisotopic (exact) mass is 336 g/mol. The molecule has 3 amide bonds. The van der Waals surface area contributed by atoms with E-state index in [9.17, 15) is 9.59 Å². The van der Waals surface area contributed by atoms with Crippen molar-refractivity contribution < 1.29 is 14.0 Å². The molecule has 1 unspecified atom stereocenters. The maximum absolute atomic E-state index is 11.9. The van der Waals surface area contributed by atoms with Gasteiger partial charge in [0.05, 0.1) is 0 Å². The van der Waals surface area contributed by atoms with E-state index < -0.39 is 17.5 Å². The van der Waals surface area contributed by atoms with Gasteiger partial charge in [0.25, 0.3) is 5.91 Å². The second-order valence-electron chi connectivity index (χ2n) is 3.32. The lowest BCUT2D eigenvalue weighted by molar-refractivity contribution is -0.128. The van der Waals surface area contributed by atoms with Gasteiger partial charge in [0, 0.05) is 0 Å². The number of oxazole rings is 1. The number of amides is 3. The molecule has 0 saturated carbocycles. The smallest absolute Gasteiger partial charge is 0.339 e. The molecule has 1 aliphatic rings. The fraction of sp³-hybridized carbons (Fsp3) is 0.375. The van der Waals surface area contributed by atoms with Gasteiger partial charge >= 0.3 is 6.03 Å². The number of carbonyl (C=O) groups excluding carboxylic acids is 2. The fourth-order valence-corrected chi connectivity index (χ4v) is 2.44. The lowest BCUT2D eigenvalue weighted by Gasteiger charge is -2.28. The Morgan fingerprint density at radius 1 is 1.69 bits per heavy atom. The molecule has 1 aromatic rings. The van der Waals surface area contributed by atoms with Gasteiger partial charge in [-0.2, -0.15) is 0 Å². The van der Waals surface area contributed by atoms with E-state index in [-0.39, 0.29) is 0 Å². The van der Waals surface area contributed by atoms with Gasteiger partial charge in [0.2, 0.25) is 0 Å². The molecule has 86 valence electrons. The molecule has 3 N–H and O–H groups in total. The predicted molar refractivity (Wildman–Crippen MR) is 60.8 cm³/mol. The largest absolute Gasteiger partial charge is 0.444 e. The maximum atomic E-state index is 11.9. The topological polar surface area (TPSA) is 101 Å². The molecule has 1 fully saturated rings. The summed E-state index contributed by atoms with van der Waals surface area (Å²) in [5, 5.41) is 3.01. The van der Waals surface area contributed by atoms with Crippen molar-refractivity contribution in [2.75, 3.05) is 0 Å². The van der Waals surface area contributed by atoms with Crippen LogP contribution in [-0.2, 0) is 10.3 Å². The zero-order chi connectivity index (χ0) is 11.9. The van der Waals surface area contributed by atoms with E-state index in [1.165, 1.54) is 6.39 Å². The van der Waals surface area contributed by atoms with Crippen molar-refractivity contribution in [2.45, 2.75) is 18.9 Å². The number of rotatable bonds is 2. The summed E-state index contributed by atoms with van der Waals surface area (Å²) in [6.07, 6.45) is 1.53.